The number of hydrogen-bond acceptors (Lipinski definition) is 2. The zero-order chi connectivity index (χ0) is 13.8. The van der Waals surface area contributed by atoms with Gasteiger partial charge in [0.05, 0.1) is 6.07 Å². The summed E-state index contributed by atoms with van der Waals surface area (Å²) < 4.78 is 0.959. The lowest BCUT2D eigenvalue weighted by atomic mass is 9.98. The fourth-order valence-corrected chi connectivity index (χ4v) is 2.40. The Morgan fingerprint density at radius 3 is 2.53 bits per heavy atom. The van der Waals surface area contributed by atoms with Crippen molar-refractivity contribution >= 4 is 21.6 Å². The first kappa shape index (κ1) is 13.6. The largest absolute Gasteiger partial charge is 0.365 e. The van der Waals surface area contributed by atoms with Crippen molar-refractivity contribution in [2.45, 2.75) is 19.9 Å². The van der Waals surface area contributed by atoms with E-state index in [0.717, 1.165) is 21.3 Å². The predicted octanol–water partition coefficient (Wildman–Crippen LogP) is 4.74. The number of aryl methyl sites for hydroxylation is 1. The van der Waals surface area contributed by atoms with Gasteiger partial charge in [-0.05, 0) is 58.6 Å². The smallest absolute Gasteiger partial charge is 0.140 e. The zero-order valence-electron chi connectivity index (χ0n) is 10.9. The van der Waals surface area contributed by atoms with Crippen LogP contribution >= 0.6 is 15.9 Å². The maximum absolute atomic E-state index is 9.42. The first-order chi connectivity index (χ1) is 9.13. The molecule has 0 aliphatic carbocycles. The molecule has 2 aromatic carbocycles. The lowest BCUT2D eigenvalue weighted by Gasteiger charge is -2.17. The maximum Gasteiger partial charge on any atom is 0.140 e. The molecule has 0 amide bonds. The third-order valence-electron chi connectivity index (χ3n) is 3.26. The van der Waals surface area contributed by atoms with E-state index in [1.54, 1.807) is 0 Å². The van der Waals surface area contributed by atoms with Crippen LogP contribution in [0.3, 0.4) is 0 Å². The number of para-hydroxylation sites is 1. The molecule has 2 nitrogen and oxygen atoms in total. The highest BCUT2D eigenvalue weighted by Crippen LogP contribution is 2.28. The van der Waals surface area contributed by atoms with Gasteiger partial charge in [0, 0.05) is 10.2 Å². The van der Waals surface area contributed by atoms with Crippen molar-refractivity contribution in [2.75, 3.05) is 5.32 Å². The SMILES string of the molecule is Cc1cccc(C(C#N)Nc2ccccc2Br)c1C. The Balaban J connectivity index is 2.34. The normalized spacial score (nSPS) is 11.7. The van der Waals surface area contributed by atoms with E-state index in [2.05, 4.69) is 47.2 Å². The van der Waals surface area contributed by atoms with Crippen LogP contribution in [-0.2, 0) is 0 Å². The molecule has 1 unspecified atom stereocenters. The Morgan fingerprint density at radius 1 is 1.11 bits per heavy atom. The second-order valence-electron chi connectivity index (χ2n) is 4.48. The van der Waals surface area contributed by atoms with Crippen molar-refractivity contribution in [1.29, 1.82) is 5.26 Å². The van der Waals surface area contributed by atoms with Gasteiger partial charge in [-0.3, -0.25) is 0 Å². The molecule has 0 heterocycles. The van der Waals surface area contributed by atoms with Gasteiger partial charge in [0.1, 0.15) is 6.04 Å². The number of nitrogens with one attached hydrogen (secondary N) is 1. The van der Waals surface area contributed by atoms with Crippen molar-refractivity contribution in [1.82, 2.24) is 0 Å². The van der Waals surface area contributed by atoms with E-state index in [1.165, 1.54) is 5.56 Å². The monoisotopic (exact) mass is 314 g/mol. The number of nitrogens with zero attached hydrogens (tertiary/aromatic N) is 1. The molecule has 0 bridgehead atoms. The van der Waals surface area contributed by atoms with E-state index in [9.17, 15) is 5.26 Å². The molecule has 0 saturated carbocycles. The van der Waals surface area contributed by atoms with Crippen LogP contribution in [0.15, 0.2) is 46.9 Å². The Kier molecular flexibility index (Phi) is 4.24. The summed E-state index contributed by atoms with van der Waals surface area (Å²) in [5.74, 6) is 0. The van der Waals surface area contributed by atoms with E-state index in [1.807, 2.05) is 36.4 Å². The lowest BCUT2D eigenvalue weighted by Crippen LogP contribution is -2.10. The second kappa shape index (κ2) is 5.90. The maximum atomic E-state index is 9.42. The molecule has 0 radical (unpaired) electrons. The van der Waals surface area contributed by atoms with Gasteiger partial charge < -0.3 is 5.32 Å². The molecular formula is C16H15BrN2. The van der Waals surface area contributed by atoms with Crippen molar-refractivity contribution in [3.05, 3.63) is 63.6 Å². The van der Waals surface area contributed by atoms with Crippen LogP contribution in [0.1, 0.15) is 22.7 Å². The number of rotatable bonds is 3. The minimum absolute atomic E-state index is 0.349. The molecule has 19 heavy (non-hydrogen) atoms. The van der Waals surface area contributed by atoms with Gasteiger partial charge in [-0.2, -0.15) is 5.26 Å². The van der Waals surface area contributed by atoms with E-state index >= 15 is 0 Å². The molecule has 96 valence electrons. The van der Waals surface area contributed by atoms with Crippen LogP contribution in [0.5, 0.6) is 0 Å². The number of nitriles is 1. The number of benzene rings is 2. The van der Waals surface area contributed by atoms with E-state index in [0.29, 0.717) is 0 Å². The summed E-state index contributed by atoms with van der Waals surface area (Å²) in [5.41, 5.74) is 4.31. The van der Waals surface area contributed by atoms with Crippen LogP contribution in [0.2, 0.25) is 0 Å². The summed E-state index contributed by atoms with van der Waals surface area (Å²) in [7, 11) is 0. The molecule has 0 aromatic heterocycles. The molecule has 0 aliphatic rings. The van der Waals surface area contributed by atoms with Crippen LogP contribution in [-0.4, -0.2) is 0 Å². The van der Waals surface area contributed by atoms with Crippen molar-refractivity contribution < 1.29 is 0 Å². The van der Waals surface area contributed by atoms with Crippen LogP contribution < -0.4 is 5.32 Å². The molecule has 1 atom stereocenters. The molecule has 2 aromatic rings. The summed E-state index contributed by atoms with van der Waals surface area (Å²) >= 11 is 3.49. The van der Waals surface area contributed by atoms with Gasteiger partial charge in [0.2, 0.25) is 0 Å². The Morgan fingerprint density at radius 2 is 1.84 bits per heavy atom. The van der Waals surface area contributed by atoms with Crippen molar-refractivity contribution in [3.63, 3.8) is 0 Å². The Hall–Kier alpha value is -1.79. The molecule has 0 saturated heterocycles. The molecule has 0 spiro atoms. The standard InChI is InChI=1S/C16H15BrN2/c1-11-6-5-7-13(12(11)2)16(10-18)19-15-9-4-3-8-14(15)17/h3-9,16,19H,1-2H3. The zero-order valence-corrected chi connectivity index (χ0v) is 12.5. The molecule has 2 rings (SSSR count). The first-order valence-corrected chi connectivity index (χ1v) is 6.89. The average Bonchev–Trinajstić information content (AvgIpc) is 2.41. The van der Waals surface area contributed by atoms with E-state index in [4.69, 9.17) is 0 Å². The fourth-order valence-electron chi connectivity index (χ4n) is 2.00. The molecule has 0 fully saturated rings. The third-order valence-corrected chi connectivity index (χ3v) is 3.95. The topological polar surface area (TPSA) is 35.8 Å². The number of halogens is 1. The summed E-state index contributed by atoms with van der Waals surface area (Å²) in [4.78, 5) is 0. The van der Waals surface area contributed by atoms with Gasteiger partial charge in [-0.1, -0.05) is 30.3 Å². The highest BCUT2D eigenvalue weighted by Gasteiger charge is 2.14. The minimum Gasteiger partial charge on any atom is -0.365 e. The summed E-state index contributed by atoms with van der Waals surface area (Å²) in [6.45, 7) is 4.11. The van der Waals surface area contributed by atoms with E-state index < -0.39 is 0 Å². The van der Waals surface area contributed by atoms with Gasteiger partial charge in [0.15, 0.2) is 0 Å². The first-order valence-electron chi connectivity index (χ1n) is 6.10. The van der Waals surface area contributed by atoms with Gasteiger partial charge in [-0.25, -0.2) is 0 Å². The predicted molar refractivity (Wildman–Crippen MR) is 82.0 cm³/mol. The Bertz CT molecular complexity index is 629. The molecule has 0 aliphatic heterocycles. The number of anilines is 1. The second-order valence-corrected chi connectivity index (χ2v) is 5.33. The highest BCUT2D eigenvalue weighted by atomic mass is 79.9. The summed E-state index contributed by atoms with van der Waals surface area (Å²) in [5, 5.41) is 12.7. The van der Waals surface area contributed by atoms with Gasteiger partial charge >= 0.3 is 0 Å². The minimum atomic E-state index is -0.349. The Labute approximate surface area is 122 Å². The van der Waals surface area contributed by atoms with Crippen LogP contribution in [0, 0.1) is 25.2 Å². The molecule has 3 heteroatoms. The van der Waals surface area contributed by atoms with Crippen LogP contribution in [0.25, 0.3) is 0 Å². The average molecular weight is 315 g/mol. The van der Waals surface area contributed by atoms with Gasteiger partial charge in [0.25, 0.3) is 0 Å². The summed E-state index contributed by atoms with van der Waals surface area (Å²) in [6, 6.07) is 15.9. The lowest BCUT2D eigenvalue weighted by molar-refractivity contribution is 0.974. The quantitative estimate of drug-likeness (QED) is 0.888. The summed E-state index contributed by atoms with van der Waals surface area (Å²) in [6.07, 6.45) is 0. The molecule has 1 N–H and O–H groups in total. The molecular weight excluding hydrogens is 300 g/mol. The van der Waals surface area contributed by atoms with Crippen molar-refractivity contribution in [3.8, 4) is 6.07 Å². The number of hydrogen-bond donors (Lipinski definition) is 1. The highest BCUT2D eigenvalue weighted by molar-refractivity contribution is 9.10. The van der Waals surface area contributed by atoms with Crippen molar-refractivity contribution in [2.24, 2.45) is 0 Å². The van der Waals surface area contributed by atoms with Gasteiger partial charge in [-0.15, -0.1) is 0 Å². The van der Waals surface area contributed by atoms with Crippen LogP contribution in [0.4, 0.5) is 5.69 Å². The van der Waals surface area contributed by atoms with E-state index in [-0.39, 0.29) is 6.04 Å². The third kappa shape index (κ3) is 2.97. The fraction of sp³-hybridized carbons (Fsp3) is 0.188.